The van der Waals surface area contributed by atoms with E-state index in [0.29, 0.717) is 16.5 Å². The lowest BCUT2D eigenvalue weighted by Gasteiger charge is -2.10. The van der Waals surface area contributed by atoms with Gasteiger partial charge in [-0.25, -0.2) is 9.78 Å². The predicted molar refractivity (Wildman–Crippen MR) is 83.5 cm³/mol. The summed E-state index contributed by atoms with van der Waals surface area (Å²) in [5, 5.41) is 20.2. The van der Waals surface area contributed by atoms with Gasteiger partial charge >= 0.3 is 5.97 Å². The molecule has 0 spiro atoms. The van der Waals surface area contributed by atoms with Gasteiger partial charge in [-0.05, 0) is 18.2 Å². The number of carboxylic acids is 1. The molecule has 0 aliphatic heterocycles. The number of benzene rings is 2. The SMILES string of the molecule is O=C(O)c1c(O)c(-c2ccccc2)nc2ccc(Br)cc12. The summed E-state index contributed by atoms with van der Waals surface area (Å²) >= 11 is 3.30. The second-order valence-electron chi connectivity index (χ2n) is 4.52. The maximum absolute atomic E-state index is 11.5. The third-order valence-corrected chi connectivity index (χ3v) is 3.68. The van der Waals surface area contributed by atoms with Gasteiger partial charge in [-0.3, -0.25) is 0 Å². The molecule has 2 N–H and O–H groups in total. The highest BCUT2D eigenvalue weighted by molar-refractivity contribution is 9.10. The summed E-state index contributed by atoms with van der Waals surface area (Å²) < 4.78 is 0.728. The Kier molecular flexibility index (Phi) is 3.35. The van der Waals surface area contributed by atoms with E-state index in [1.165, 1.54) is 0 Å². The van der Waals surface area contributed by atoms with E-state index in [1.54, 1.807) is 30.3 Å². The lowest BCUT2D eigenvalue weighted by atomic mass is 10.0. The predicted octanol–water partition coefficient (Wildman–Crippen LogP) is 4.07. The Morgan fingerprint density at radius 2 is 1.81 bits per heavy atom. The van der Waals surface area contributed by atoms with Crippen molar-refractivity contribution in [2.45, 2.75) is 0 Å². The van der Waals surface area contributed by atoms with E-state index in [0.717, 1.165) is 4.47 Å². The van der Waals surface area contributed by atoms with Crippen LogP contribution in [0.5, 0.6) is 5.75 Å². The highest BCUT2D eigenvalue weighted by Crippen LogP contribution is 2.36. The van der Waals surface area contributed by atoms with Crippen molar-refractivity contribution in [1.29, 1.82) is 0 Å². The second kappa shape index (κ2) is 5.18. The molecule has 0 unspecified atom stereocenters. The number of hydrogen-bond acceptors (Lipinski definition) is 3. The van der Waals surface area contributed by atoms with E-state index >= 15 is 0 Å². The lowest BCUT2D eigenvalue weighted by molar-refractivity contribution is 0.0696. The third kappa shape index (κ3) is 2.36. The van der Waals surface area contributed by atoms with Gasteiger partial charge in [0.15, 0.2) is 5.75 Å². The topological polar surface area (TPSA) is 70.4 Å². The van der Waals surface area contributed by atoms with Gasteiger partial charge < -0.3 is 10.2 Å². The highest BCUT2D eigenvalue weighted by Gasteiger charge is 2.20. The van der Waals surface area contributed by atoms with Gasteiger partial charge in [0, 0.05) is 15.4 Å². The van der Waals surface area contributed by atoms with Gasteiger partial charge in [0.25, 0.3) is 0 Å². The number of fused-ring (bicyclic) bond motifs is 1. The Morgan fingerprint density at radius 1 is 1.10 bits per heavy atom. The fourth-order valence-electron chi connectivity index (χ4n) is 2.24. The molecule has 0 aliphatic rings. The van der Waals surface area contributed by atoms with Crippen LogP contribution in [0.15, 0.2) is 53.0 Å². The van der Waals surface area contributed by atoms with Crippen LogP contribution < -0.4 is 0 Å². The van der Waals surface area contributed by atoms with E-state index < -0.39 is 5.97 Å². The van der Waals surface area contributed by atoms with Crippen LogP contribution in [0.1, 0.15) is 10.4 Å². The molecule has 21 heavy (non-hydrogen) atoms. The number of hydrogen-bond donors (Lipinski definition) is 2. The summed E-state index contributed by atoms with van der Waals surface area (Å²) in [6, 6.07) is 14.2. The minimum atomic E-state index is -1.19. The largest absolute Gasteiger partial charge is 0.505 e. The Balaban J connectivity index is 2.41. The first-order valence-electron chi connectivity index (χ1n) is 6.19. The van der Waals surface area contributed by atoms with Crippen molar-refractivity contribution in [3.05, 3.63) is 58.6 Å². The summed E-state index contributed by atoms with van der Waals surface area (Å²) in [7, 11) is 0. The van der Waals surface area contributed by atoms with E-state index in [9.17, 15) is 15.0 Å². The van der Waals surface area contributed by atoms with Crippen molar-refractivity contribution in [3.63, 3.8) is 0 Å². The number of pyridine rings is 1. The normalized spacial score (nSPS) is 10.7. The van der Waals surface area contributed by atoms with Crippen LogP contribution >= 0.6 is 15.9 Å². The van der Waals surface area contributed by atoms with E-state index in [4.69, 9.17) is 0 Å². The maximum atomic E-state index is 11.5. The van der Waals surface area contributed by atoms with Gasteiger partial charge in [0.1, 0.15) is 11.3 Å². The Labute approximate surface area is 128 Å². The summed E-state index contributed by atoms with van der Waals surface area (Å²) in [6.45, 7) is 0. The lowest BCUT2D eigenvalue weighted by Crippen LogP contribution is -2.01. The zero-order chi connectivity index (χ0) is 15.0. The molecular weight excluding hydrogens is 334 g/mol. The first kappa shape index (κ1) is 13.6. The molecule has 0 saturated carbocycles. The van der Waals surface area contributed by atoms with Gasteiger partial charge in [0.05, 0.1) is 5.52 Å². The average molecular weight is 344 g/mol. The van der Waals surface area contributed by atoms with Crippen molar-refractivity contribution in [1.82, 2.24) is 4.98 Å². The van der Waals surface area contributed by atoms with E-state index in [2.05, 4.69) is 20.9 Å². The summed E-state index contributed by atoms with van der Waals surface area (Å²) in [6.07, 6.45) is 0. The first-order valence-corrected chi connectivity index (χ1v) is 6.98. The Morgan fingerprint density at radius 3 is 2.48 bits per heavy atom. The van der Waals surface area contributed by atoms with Crippen LogP contribution in [0.4, 0.5) is 0 Å². The molecule has 5 heteroatoms. The van der Waals surface area contributed by atoms with Crippen molar-refractivity contribution in [2.75, 3.05) is 0 Å². The van der Waals surface area contributed by atoms with Crippen molar-refractivity contribution in [2.24, 2.45) is 0 Å². The summed E-state index contributed by atoms with van der Waals surface area (Å²) in [4.78, 5) is 15.9. The van der Waals surface area contributed by atoms with E-state index in [-0.39, 0.29) is 17.0 Å². The zero-order valence-corrected chi connectivity index (χ0v) is 12.3. The fourth-order valence-corrected chi connectivity index (χ4v) is 2.60. The fraction of sp³-hybridized carbons (Fsp3) is 0. The molecule has 0 saturated heterocycles. The second-order valence-corrected chi connectivity index (χ2v) is 5.43. The molecule has 0 amide bonds. The summed E-state index contributed by atoms with van der Waals surface area (Å²) in [5.41, 5.74) is 1.32. The third-order valence-electron chi connectivity index (χ3n) is 3.18. The molecular formula is C16H10BrNO3. The molecule has 0 aliphatic carbocycles. The molecule has 1 heterocycles. The van der Waals surface area contributed by atoms with Crippen LogP contribution in [-0.2, 0) is 0 Å². The minimum Gasteiger partial charge on any atom is -0.505 e. The average Bonchev–Trinajstić information content (AvgIpc) is 2.47. The van der Waals surface area contributed by atoms with Crippen molar-refractivity contribution >= 4 is 32.8 Å². The quantitative estimate of drug-likeness (QED) is 0.735. The van der Waals surface area contributed by atoms with Crippen LogP contribution in [0, 0.1) is 0 Å². The molecule has 0 fully saturated rings. The molecule has 0 atom stereocenters. The van der Waals surface area contributed by atoms with Gasteiger partial charge in [-0.15, -0.1) is 0 Å². The number of nitrogens with zero attached hydrogens (tertiary/aromatic N) is 1. The number of carbonyl (C=O) groups is 1. The number of rotatable bonds is 2. The van der Waals surface area contributed by atoms with Gasteiger partial charge in [-0.1, -0.05) is 46.3 Å². The zero-order valence-electron chi connectivity index (χ0n) is 10.7. The number of carboxylic acid groups (broad SMARTS) is 1. The molecule has 104 valence electrons. The van der Waals surface area contributed by atoms with Crippen molar-refractivity contribution in [3.8, 4) is 17.0 Å². The Bertz CT molecular complexity index is 847. The monoisotopic (exact) mass is 343 g/mol. The van der Waals surface area contributed by atoms with E-state index in [1.807, 2.05) is 18.2 Å². The summed E-state index contributed by atoms with van der Waals surface area (Å²) in [5.74, 6) is -1.51. The number of aromatic carboxylic acids is 1. The number of aromatic nitrogens is 1. The van der Waals surface area contributed by atoms with Crippen LogP contribution in [0.2, 0.25) is 0 Å². The molecule has 3 rings (SSSR count). The van der Waals surface area contributed by atoms with Crippen LogP contribution in [0.25, 0.3) is 22.2 Å². The standard InChI is InChI=1S/C16H10BrNO3/c17-10-6-7-12-11(8-10)13(16(20)21)15(19)14(18-12)9-4-2-1-3-5-9/h1-8,19H,(H,20,21). The molecule has 3 aromatic rings. The molecule has 2 aromatic carbocycles. The maximum Gasteiger partial charge on any atom is 0.340 e. The molecule has 0 bridgehead atoms. The van der Waals surface area contributed by atoms with Crippen LogP contribution in [0.3, 0.4) is 0 Å². The van der Waals surface area contributed by atoms with Crippen molar-refractivity contribution < 1.29 is 15.0 Å². The van der Waals surface area contributed by atoms with Gasteiger partial charge in [-0.2, -0.15) is 0 Å². The minimum absolute atomic E-state index is 0.139. The first-order chi connectivity index (χ1) is 10.1. The molecule has 0 radical (unpaired) electrons. The highest BCUT2D eigenvalue weighted by atomic mass is 79.9. The smallest absolute Gasteiger partial charge is 0.340 e. The van der Waals surface area contributed by atoms with Crippen LogP contribution in [-0.4, -0.2) is 21.2 Å². The number of aromatic hydroxyl groups is 1. The van der Waals surface area contributed by atoms with Gasteiger partial charge in [0.2, 0.25) is 0 Å². The molecule has 1 aromatic heterocycles. The Hall–Kier alpha value is -2.40. The molecule has 4 nitrogen and oxygen atoms in total. The number of halogens is 1.